The van der Waals surface area contributed by atoms with Crippen molar-refractivity contribution in [1.29, 1.82) is 0 Å². The van der Waals surface area contributed by atoms with Gasteiger partial charge in [-0.05, 0) is 37.1 Å². The minimum Gasteiger partial charge on any atom is -0.497 e. The summed E-state index contributed by atoms with van der Waals surface area (Å²) in [6.45, 7) is 0. The maximum absolute atomic E-state index is 12.5. The average molecular weight is 432 g/mol. The number of hydrogen-bond acceptors (Lipinski definition) is 6. The summed E-state index contributed by atoms with van der Waals surface area (Å²) in [5, 5.41) is 11.7. The zero-order valence-corrected chi connectivity index (χ0v) is 18.6. The number of rotatable bonds is 8. The van der Waals surface area contributed by atoms with Gasteiger partial charge in [0.1, 0.15) is 11.6 Å². The number of carbonyl (C=O) groups is 2. The van der Waals surface area contributed by atoms with Gasteiger partial charge in [0.25, 0.3) is 0 Å². The van der Waals surface area contributed by atoms with Crippen LogP contribution in [0.2, 0.25) is 0 Å². The van der Waals surface area contributed by atoms with Crippen molar-refractivity contribution in [3.05, 3.63) is 30.1 Å². The predicted octanol–water partition coefficient (Wildman–Crippen LogP) is 2.89. The van der Waals surface area contributed by atoms with E-state index in [-0.39, 0.29) is 18.2 Å². The minimum atomic E-state index is -0.180. The first-order chi connectivity index (χ1) is 14.5. The van der Waals surface area contributed by atoms with Gasteiger partial charge in [-0.3, -0.25) is 9.59 Å². The lowest BCUT2D eigenvalue weighted by molar-refractivity contribution is -0.129. The number of aromatic nitrogens is 3. The number of nitrogens with zero attached hydrogens (tertiary/aromatic N) is 4. The number of ether oxygens (including phenoxy) is 1. The quantitative estimate of drug-likeness (QED) is 0.647. The Morgan fingerprint density at radius 3 is 2.57 bits per heavy atom. The Morgan fingerprint density at radius 1 is 1.20 bits per heavy atom. The fraction of sp³-hybridized carbons (Fsp3) is 0.524. The molecule has 0 saturated heterocycles. The molecule has 162 valence electrons. The summed E-state index contributed by atoms with van der Waals surface area (Å²) in [4.78, 5) is 26.8. The first-order valence-corrected chi connectivity index (χ1v) is 11.2. The maximum atomic E-state index is 12.5. The molecule has 1 aromatic carbocycles. The van der Waals surface area contributed by atoms with E-state index < -0.39 is 0 Å². The van der Waals surface area contributed by atoms with Gasteiger partial charge in [0, 0.05) is 25.8 Å². The molecule has 30 heavy (non-hydrogen) atoms. The largest absolute Gasteiger partial charge is 0.497 e. The van der Waals surface area contributed by atoms with Crippen molar-refractivity contribution >= 4 is 29.3 Å². The van der Waals surface area contributed by atoms with Crippen LogP contribution >= 0.6 is 11.8 Å². The van der Waals surface area contributed by atoms with Gasteiger partial charge in [0.2, 0.25) is 11.8 Å². The lowest BCUT2D eigenvalue weighted by Gasteiger charge is -2.31. The van der Waals surface area contributed by atoms with E-state index in [4.69, 9.17) is 4.74 Å². The van der Waals surface area contributed by atoms with Crippen LogP contribution in [0.15, 0.2) is 29.4 Å². The van der Waals surface area contributed by atoms with Crippen LogP contribution in [0.3, 0.4) is 0 Å². The van der Waals surface area contributed by atoms with Gasteiger partial charge in [-0.25, -0.2) is 0 Å². The molecule has 0 aliphatic heterocycles. The molecule has 9 heteroatoms. The van der Waals surface area contributed by atoms with E-state index in [2.05, 4.69) is 15.5 Å². The van der Waals surface area contributed by atoms with Gasteiger partial charge in [-0.1, -0.05) is 31.0 Å². The van der Waals surface area contributed by atoms with Gasteiger partial charge < -0.3 is 19.5 Å². The third-order valence-electron chi connectivity index (χ3n) is 5.46. The Kier molecular flexibility index (Phi) is 7.73. The Bertz CT molecular complexity index is 862. The molecule has 2 aromatic rings. The summed E-state index contributed by atoms with van der Waals surface area (Å²) < 4.78 is 6.88. The molecule has 1 heterocycles. The molecule has 0 radical (unpaired) electrons. The molecule has 0 atom stereocenters. The number of thioether (sulfide) groups is 1. The summed E-state index contributed by atoms with van der Waals surface area (Å²) in [5.41, 5.74) is 0.689. The highest BCUT2D eigenvalue weighted by molar-refractivity contribution is 7.99. The smallest absolute Gasteiger partial charge is 0.233 e. The fourth-order valence-electron chi connectivity index (χ4n) is 3.55. The fourth-order valence-corrected chi connectivity index (χ4v) is 4.40. The van der Waals surface area contributed by atoms with E-state index in [0.29, 0.717) is 28.5 Å². The van der Waals surface area contributed by atoms with Gasteiger partial charge in [-0.15, -0.1) is 10.2 Å². The lowest BCUT2D eigenvalue weighted by atomic mass is 9.94. The molecule has 3 rings (SSSR count). The summed E-state index contributed by atoms with van der Waals surface area (Å²) >= 11 is 1.36. The van der Waals surface area contributed by atoms with Crippen LogP contribution in [0, 0.1) is 0 Å². The molecule has 1 saturated carbocycles. The molecule has 0 bridgehead atoms. The first-order valence-electron chi connectivity index (χ1n) is 10.2. The Balaban J connectivity index is 1.50. The molecular formula is C21H29N5O3S. The van der Waals surface area contributed by atoms with E-state index in [0.717, 1.165) is 18.6 Å². The van der Waals surface area contributed by atoms with Gasteiger partial charge in [-0.2, -0.15) is 0 Å². The number of benzene rings is 1. The summed E-state index contributed by atoms with van der Waals surface area (Å²) in [7, 11) is 5.30. The predicted molar refractivity (Wildman–Crippen MR) is 117 cm³/mol. The number of nitrogens with one attached hydrogen (secondary N) is 1. The molecule has 1 aromatic heterocycles. The number of anilines is 1. The third kappa shape index (κ3) is 5.75. The summed E-state index contributed by atoms with van der Waals surface area (Å²) in [6.07, 6.45) is 5.93. The van der Waals surface area contributed by atoms with Gasteiger partial charge in [0.15, 0.2) is 5.16 Å². The van der Waals surface area contributed by atoms with Crippen LogP contribution in [0.4, 0.5) is 5.69 Å². The SMILES string of the molecule is COc1ccc(NC(=O)Cc2nnc(SCC(=O)N(C)C3CCCCC3)n2C)cc1. The maximum Gasteiger partial charge on any atom is 0.233 e. The molecular weight excluding hydrogens is 402 g/mol. The van der Waals surface area contributed by atoms with E-state index in [1.165, 1.54) is 31.0 Å². The highest BCUT2D eigenvalue weighted by Gasteiger charge is 2.23. The van der Waals surface area contributed by atoms with Crippen LogP contribution < -0.4 is 10.1 Å². The second kappa shape index (κ2) is 10.5. The van der Waals surface area contributed by atoms with Crippen LogP contribution in [0.1, 0.15) is 37.9 Å². The lowest BCUT2D eigenvalue weighted by Crippen LogP contribution is -2.39. The van der Waals surface area contributed by atoms with Crippen molar-refractivity contribution in [3.63, 3.8) is 0 Å². The van der Waals surface area contributed by atoms with E-state index in [9.17, 15) is 9.59 Å². The standard InChI is InChI=1S/C21H29N5O3S/c1-25(16-7-5-4-6-8-16)20(28)14-30-21-24-23-18(26(21)2)13-19(27)22-15-9-11-17(29-3)12-10-15/h9-12,16H,4-8,13-14H2,1-3H3,(H,22,27). The van der Waals surface area contributed by atoms with Crippen molar-refractivity contribution < 1.29 is 14.3 Å². The Labute approximate surface area is 181 Å². The number of hydrogen-bond donors (Lipinski definition) is 1. The third-order valence-corrected chi connectivity index (χ3v) is 6.46. The van der Waals surface area contributed by atoms with Crippen LogP contribution in [-0.4, -0.2) is 57.4 Å². The van der Waals surface area contributed by atoms with Crippen LogP contribution in [0.5, 0.6) is 5.75 Å². The normalized spacial score (nSPS) is 14.4. The van der Waals surface area contributed by atoms with E-state index in [1.807, 2.05) is 19.0 Å². The molecule has 1 aliphatic rings. The average Bonchev–Trinajstić information content (AvgIpc) is 3.11. The van der Waals surface area contributed by atoms with Gasteiger partial charge >= 0.3 is 0 Å². The van der Waals surface area contributed by atoms with Crippen molar-refractivity contribution in [2.24, 2.45) is 7.05 Å². The van der Waals surface area contributed by atoms with Crippen LogP contribution in [-0.2, 0) is 23.1 Å². The van der Waals surface area contributed by atoms with E-state index >= 15 is 0 Å². The highest BCUT2D eigenvalue weighted by Crippen LogP contribution is 2.23. The van der Waals surface area contributed by atoms with Crippen molar-refractivity contribution in [2.75, 3.05) is 25.2 Å². The second-order valence-corrected chi connectivity index (χ2v) is 8.44. The summed E-state index contributed by atoms with van der Waals surface area (Å²) in [5.74, 6) is 1.52. The van der Waals surface area contributed by atoms with E-state index in [1.54, 1.807) is 35.9 Å². The molecule has 8 nitrogen and oxygen atoms in total. The number of amides is 2. The zero-order valence-electron chi connectivity index (χ0n) is 17.8. The van der Waals surface area contributed by atoms with Crippen molar-refractivity contribution in [1.82, 2.24) is 19.7 Å². The Morgan fingerprint density at radius 2 is 1.90 bits per heavy atom. The van der Waals surface area contributed by atoms with Crippen molar-refractivity contribution in [2.45, 2.75) is 49.7 Å². The summed E-state index contributed by atoms with van der Waals surface area (Å²) in [6, 6.07) is 7.48. The van der Waals surface area contributed by atoms with Crippen LogP contribution in [0.25, 0.3) is 0 Å². The number of carbonyl (C=O) groups excluding carboxylic acids is 2. The molecule has 1 fully saturated rings. The van der Waals surface area contributed by atoms with Crippen molar-refractivity contribution in [3.8, 4) is 5.75 Å². The molecule has 1 aliphatic carbocycles. The zero-order chi connectivity index (χ0) is 21.5. The molecule has 0 unspecified atom stereocenters. The number of methoxy groups -OCH3 is 1. The topological polar surface area (TPSA) is 89.3 Å². The first kappa shape index (κ1) is 22.1. The van der Waals surface area contributed by atoms with Gasteiger partial charge in [0.05, 0.1) is 19.3 Å². The highest BCUT2D eigenvalue weighted by atomic mass is 32.2. The molecule has 0 spiro atoms. The molecule has 1 N–H and O–H groups in total. The second-order valence-electron chi connectivity index (χ2n) is 7.50. The monoisotopic (exact) mass is 431 g/mol. The molecule has 2 amide bonds. The minimum absolute atomic E-state index is 0.103. The Hall–Kier alpha value is -2.55.